The third-order valence-corrected chi connectivity index (χ3v) is 3.52. The predicted octanol–water partition coefficient (Wildman–Crippen LogP) is 3.17. The van der Waals surface area contributed by atoms with Gasteiger partial charge in [0.1, 0.15) is 0 Å². The summed E-state index contributed by atoms with van der Waals surface area (Å²) in [6.45, 7) is 0. The molecule has 1 aromatic carbocycles. The van der Waals surface area contributed by atoms with Crippen molar-refractivity contribution in [1.82, 2.24) is 0 Å². The van der Waals surface area contributed by atoms with Crippen molar-refractivity contribution in [1.29, 1.82) is 0 Å². The topological polar surface area (TPSA) is 20.2 Å². The van der Waals surface area contributed by atoms with Gasteiger partial charge in [-0.3, -0.25) is 0 Å². The largest absolute Gasteiger partial charge is 0.393 e. The average molecular weight is 204 g/mol. The number of rotatable bonds is 4. The molecule has 1 heteroatoms. The van der Waals surface area contributed by atoms with Crippen molar-refractivity contribution in [3.05, 3.63) is 35.9 Å². The van der Waals surface area contributed by atoms with E-state index in [1.165, 1.54) is 31.2 Å². The van der Waals surface area contributed by atoms with Crippen LogP contribution in [-0.2, 0) is 6.42 Å². The number of hydrogen-bond donors (Lipinski definition) is 1. The first-order valence-electron chi connectivity index (χ1n) is 6.08. The Morgan fingerprint density at radius 3 is 2.47 bits per heavy atom. The van der Waals surface area contributed by atoms with Crippen molar-refractivity contribution in [2.24, 2.45) is 5.92 Å². The second kappa shape index (κ2) is 5.32. The summed E-state index contributed by atoms with van der Waals surface area (Å²) in [7, 11) is 0. The van der Waals surface area contributed by atoms with Gasteiger partial charge in [-0.05, 0) is 37.2 Å². The summed E-state index contributed by atoms with van der Waals surface area (Å²) in [4.78, 5) is 0. The zero-order chi connectivity index (χ0) is 10.5. The summed E-state index contributed by atoms with van der Waals surface area (Å²) < 4.78 is 0. The van der Waals surface area contributed by atoms with Crippen LogP contribution >= 0.6 is 0 Å². The van der Waals surface area contributed by atoms with E-state index in [-0.39, 0.29) is 6.10 Å². The van der Waals surface area contributed by atoms with Crippen molar-refractivity contribution in [3.8, 4) is 0 Å². The van der Waals surface area contributed by atoms with E-state index in [2.05, 4.69) is 24.3 Å². The molecule has 0 aliphatic heterocycles. The molecular weight excluding hydrogens is 184 g/mol. The Balaban J connectivity index is 1.77. The lowest BCUT2D eigenvalue weighted by Crippen LogP contribution is -2.18. The number of aliphatic hydroxyl groups excluding tert-OH is 1. The fourth-order valence-electron chi connectivity index (χ4n) is 2.54. The molecule has 0 radical (unpaired) electrons. The van der Waals surface area contributed by atoms with Crippen LogP contribution in [0.3, 0.4) is 0 Å². The molecule has 1 N–H and O–H groups in total. The molecule has 0 aromatic heterocycles. The molecule has 0 heterocycles. The van der Waals surface area contributed by atoms with E-state index in [0.29, 0.717) is 5.92 Å². The maximum absolute atomic E-state index is 10.0. The standard InChI is InChI=1S/C14H20O/c15-14(13-8-4-5-9-13)11-10-12-6-2-1-3-7-12/h1-3,6-7,13-15H,4-5,8-11H2/t14-/m1/s1. The van der Waals surface area contributed by atoms with Gasteiger partial charge in [0.25, 0.3) is 0 Å². The van der Waals surface area contributed by atoms with Gasteiger partial charge in [-0.1, -0.05) is 43.2 Å². The van der Waals surface area contributed by atoms with Crippen LogP contribution in [0, 0.1) is 5.92 Å². The molecule has 1 nitrogen and oxygen atoms in total. The molecule has 0 amide bonds. The monoisotopic (exact) mass is 204 g/mol. The van der Waals surface area contributed by atoms with E-state index < -0.39 is 0 Å². The molecule has 15 heavy (non-hydrogen) atoms. The smallest absolute Gasteiger partial charge is 0.0571 e. The highest BCUT2D eigenvalue weighted by molar-refractivity contribution is 5.14. The van der Waals surface area contributed by atoms with Crippen molar-refractivity contribution >= 4 is 0 Å². The minimum absolute atomic E-state index is 0.0762. The minimum atomic E-state index is -0.0762. The Hall–Kier alpha value is -0.820. The summed E-state index contributed by atoms with van der Waals surface area (Å²) in [5.74, 6) is 0.578. The zero-order valence-electron chi connectivity index (χ0n) is 9.23. The highest BCUT2D eigenvalue weighted by atomic mass is 16.3. The summed E-state index contributed by atoms with van der Waals surface area (Å²) in [5.41, 5.74) is 1.34. The van der Waals surface area contributed by atoms with Gasteiger partial charge in [0.15, 0.2) is 0 Å². The molecule has 1 atom stereocenters. The summed E-state index contributed by atoms with van der Waals surface area (Å²) in [6.07, 6.45) is 6.95. The molecule has 1 fully saturated rings. The van der Waals surface area contributed by atoms with E-state index in [1.54, 1.807) is 0 Å². The van der Waals surface area contributed by atoms with Gasteiger partial charge in [-0.2, -0.15) is 0 Å². The Bertz CT molecular complexity index is 275. The fraction of sp³-hybridized carbons (Fsp3) is 0.571. The van der Waals surface area contributed by atoms with Gasteiger partial charge in [0.05, 0.1) is 6.10 Å². The van der Waals surface area contributed by atoms with E-state index in [4.69, 9.17) is 0 Å². The number of hydrogen-bond acceptors (Lipinski definition) is 1. The van der Waals surface area contributed by atoms with Crippen molar-refractivity contribution in [2.75, 3.05) is 0 Å². The molecule has 1 aliphatic carbocycles. The predicted molar refractivity (Wildman–Crippen MR) is 62.7 cm³/mol. The first-order chi connectivity index (χ1) is 7.36. The van der Waals surface area contributed by atoms with Gasteiger partial charge >= 0.3 is 0 Å². The molecule has 0 unspecified atom stereocenters. The Morgan fingerprint density at radius 1 is 1.13 bits per heavy atom. The van der Waals surface area contributed by atoms with Crippen LogP contribution < -0.4 is 0 Å². The van der Waals surface area contributed by atoms with E-state index >= 15 is 0 Å². The van der Waals surface area contributed by atoms with Crippen LogP contribution in [-0.4, -0.2) is 11.2 Å². The number of aryl methyl sites for hydroxylation is 1. The van der Waals surface area contributed by atoms with Crippen LogP contribution in [0.4, 0.5) is 0 Å². The molecule has 1 aliphatic rings. The van der Waals surface area contributed by atoms with Crippen molar-refractivity contribution < 1.29 is 5.11 Å². The lowest BCUT2D eigenvalue weighted by molar-refractivity contribution is 0.102. The third-order valence-electron chi connectivity index (χ3n) is 3.52. The van der Waals surface area contributed by atoms with Crippen LogP contribution in [0.5, 0.6) is 0 Å². The third kappa shape index (κ3) is 3.07. The van der Waals surface area contributed by atoms with Crippen molar-refractivity contribution in [3.63, 3.8) is 0 Å². The maximum Gasteiger partial charge on any atom is 0.0571 e. The van der Waals surface area contributed by atoms with Crippen LogP contribution in [0.15, 0.2) is 30.3 Å². The lowest BCUT2D eigenvalue weighted by atomic mass is 9.95. The van der Waals surface area contributed by atoms with Crippen LogP contribution in [0.25, 0.3) is 0 Å². The summed E-state index contributed by atoms with van der Waals surface area (Å²) in [5, 5.41) is 10.0. The summed E-state index contributed by atoms with van der Waals surface area (Å²) in [6, 6.07) is 10.5. The Kier molecular flexibility index (Phi) is 3.79. The van der Waals surface area contributed by atoms with E-state index in [9.17, 15) is 5.11 Å². The summed E-state index contributed by atoms with van der Waals surface area (Å²) >= 11 is 0. The molecule has 0 saturated heterocycles. The fourth-order valence-corrected chi connectivity index (χ4v) is 2.54. The highest BCUT2D eigenvalue weighted by Crippen LogP contribution is 2.29. The minimum Gasteiger partial charge on any atom is -0.393 e. The van der Waals surface area contributed by atoms with Gasteiger partial charge in [-0.15, -0.1) is 0 Å². The molecule has 1 aromatic rings. The molecule has 82 valence electrons. The quantitative estimate of drug-likeness (QED) is 0.798. The molecule has 1 saturated carbocycles. The second-order valence-corrected chi connectivity index (χ2v) is 4.64. The van der Waals surface area contributed by atoms with Crippen LogP contribution in [0.1, 0.15) is 37.7 Å². The lowest BCUT2D eigenvalue weighted by Gasteiger charge is -2.17. The maximum atomic E-state index is 10.0. The molecule has 2 rings (SSSR count). The SMILES string of the molecule is O[C@H](CCc1ccccc1)C1CCCC1. The Labute approximate surface area is 92.1 Å². The highest BCUT2D eigenvalue weighted by Gasteiger charge is 2.22. The van der Waals surface area contributed by atoms with Crippen molar-refractivity contribution in [2.45, 2.75) is 44.6 Å². The average Bonchev–Trinajstić information content (AvgIpc) is 2.81. The van der Waals surface area contributed by atoms with Gasteiger partial charge in [-0.25, -0.2) is 0 Å². The first-order valence-corrected chi connectivity index (χ1v) is 6.08. The van der Waals surface area contributed by atoms with E-state index in [1.807, 2.05) is 6.07 Å². The van der Waals surface area contributed by atoms with Crippen LogP contribution in [0.2, 0.25) is 0 Å². The van der Waals surface area contributed by atoms with Gasteiger partial charge < -0.3 is 5.11 Å². The number of aliphatic hydroxyl groups is 1. The molecule has 0 bridgehead atoms. The Morgan fingerprint density at radius 2 is 1.80 bits per heavy atom. The molecule has 0 spiro atoms. The second-order valence-electron chi connectivity index (χ2n) is 4.64. The van der Waals surface area contributed by atoms with Gasteiger partial charge in [0.2, 0.25) is 0 Å². The first kappa shape index (κ1) is 10.7. The van der Waals surface area contributed by atoms with E-state index in [0.717, 1.165) is 12.8 Å². The molecular formula is C14H20O. The number of benzene rings is 1. The zero-order valence-corrected chi connectivity index (χ0v) is 9.23. The normalized spacial score (nSPS) is 19.3. The van der Waals surface area contributed by atoms with Gasteiger partial charge in [0, 0.05) is 0 Å².